The summed E-state index contributed by atoms with van der Waals surface area (Å²) >= 11 is 0. The van der Waals surface area contributed by atoms with Crippen molar-refractivity contribution in [3.63, 3.8) is 0 Å². The van der Waals surface area contributed by atoms with Gasteiger partial charge in [-0.1, -0.05) is 5.21 Å². The molecule has 110 valence electrons. The quantitative estimate of drug-likeness (QED) is 0.790. The smallest absolute Gasteiger partial charge is 0.358 e. The van der Waals surface area contributed by atoms with E-state index in [1.54, 1.807) is 4.68 Å². The van der Waals surface area contributed by atoms with E-state index in [1.807, 2.05) is 0 Å². The first-order valence-corrected chi connectivity index (χ1v) is 7.29. The summed E-state index contributed by atoms with van der Waals surface area (Å²) in [5, 5.41) is 16.2. The molecule has 0 unspecified atom stereocenters. The highest BCUT2D eigenvalue weighted by Crippen LogP contribution is 2.29. The van der Waals surface area contributed by atoms with Crippen LogP contribution in [0.4, 0.5) is 0 Å². The molecule has 0 spiro atoms. The second kappa shape index (κ2) is 5.88. The Labute approximate surface area is 118 Å². The van der Waals surface area contributed by atoms with Crippen molar-refractivity contribution in [1.29, 1.82) is 0 Å². The Morgan fingerprint density at radius 3 is 2.50 bits per heavy atom. The third kappa shape index (κ3) is 3.55. The van der Waals surface area contributed by atoms with Gasteiger partial charge < -0.3 is 10.0 Å². The van der Waals surface area contributed by atoms with Crippen LogP contribution < -0.4 is 0 Å². The molecule has 1 aromatic heterocycles. The number of carbonyl (C=O) groups is 1. The summed E-state index contributed by atoms with van der Waals surface area (Å²) in [6, 6.07) is 0. The van der Waals surface area contributed by atoms with Gasteiger partial charge in [-0.2, -0.15) is 0 Å². The van der Waals surface area contributed by atoms with Crippen LogP contribution in [0.5, 0.6) is 0 Å². The molecule has 2 aliphatic rings. The zero-order chi connectivity index (χ0) is 13.9. The predicted octanol–water partition coefficient (Wildman–Crippen LogP) is 0.00390. The molecule has 0 amide bonds. The Bertz CT molecular complexity index is 463. The Balaban J connectivity index is 1.39. The molecule has 7 heteroatoms. The second-order valence-corrected chi connectivity index (χ2v) is 5.76. The van der Waals surface area contributed by atoms with Crippen molar-refractivity contribution in [3.05, 3.63) is 11.9 Å². The molecule has 0 bridgehead atoms. The summed E-state index contributed by atoms with van der Waals surface area (Å²) in [4.78, 5) is 15.7. The maximum absolute atomic E-state index is 10.7. The van der Waals surface area contributed by atoms with Gasteiger partial charge in [0.15, 0.2) is 5.69 Å². The zero-order valence-electron chi connectivity index (χ0n) is 11.6. The van der Waals surface area contributed by atoms with Gasteiger partial charge in [0.1, 0.15) is 0 Å². The Hall–Kier alpha value is -1.47. The molecule has 1 aliphatic carbocycles. The Kier molecular flexibility index (Phi) is 3.98. The van der Waals surface area contributed by atoms with Gasteiger partial charge in [0.05, 0.1) is 12.7 Å². The summed E-state index contributed by atoms with van der Waals surface area (Å²) in [5.41, 5.74) is 0.0132. The van der Waals surface area contributed by atoms with Crippen molar-refractivity contribution in [2.75, 3.05) is 39.3 Å². The number of aromatic carboxylic acids is 1. The number of hydrogen-bond acceptors (Lipinski definition) is 5. The average molecular weight is 279 g/mol. The van der Waals surface area contributed by atoms with Crippen LogP contribution in [0.1, 0.15) is 23.3 Å². The molecule has 1 aliphatic heterocycles. The van der Waals surface area contributed by atoms with E-state index in [-0.39, 0.29) is 5.69 Å². The largest absolute Gasteiger partial charge is 0.476 e. The van der Waals surface area contributed by atoms with Gasteiger partial charge in [-0.05, 0) is 18.8 Å². The van der Waals surface area contributed by atoms with Crippen LogP contribution in [0.3, 0.4) is 0 Å². The summed E-state index contributed by atoms with van der Waals surface area (Å²) in [5.74, 6) is -0.0592. The van der Waals surface area contributed by atoms with Crippen LogP contribution in [0.15, 0.2) is 6.20 Å². The minimum atomic E-state index is -1.02. The molecule has 0 aromatic carbocycles. The average Bonchev–Trinajstić information content (AvgIpc) is 3.12. The lowest BCUT2D eigenvalue weighted by molar-refractivity contribution is 0.0690. The molecule has 1 aromatic rings. The highest BCUT2D eigenvalue weighted by Gasteiger charge is 2.26. The van der Waals surface area contributed by atoms with E-state index in [2.05, 4.69) is 20.1 Å². The molecular formula is C13H21N5O2. The van der Waals surface area contributed by atoms with Gasteiger partial charge in [0.25, 0.3) is 0 Å². The number of piperazine rings is 1. The number of carboxylic acids is 1. The molecule has 1 N–H and O–H groups in total. The van der Waals surface area contributed by atoms with Crippen molar-refractivity contribution < 1.29 is 9.90 Å². The lowest BCUT2D eigenvalue weighted by atomic mass is 10.3. The van der Waals surface area contributed by atoms with Crippen LogP contribution in [-0.2, 0) is 6.54 Å². The van der Waals surface area contributed by atoms with Crippen molar-refractivity contribution in [3.8, 4) is 0 Å². The Morgan fingerprint density at radius 1 is 1.20 bits per heavy atom. The van der Waals surface area contributed by atoms with E-state index < -0.39 is 5.97 Å². The molecule has 7 nitrogen and oxygen atoms in total. The third-order valence-electron chi connectivity index (χ3n) is 4.08. The van der Waals surface area contributed by atoms with Gasteiger partial charge in [0.2, 0.25) is 0 Å². The predicted molar refractivity (Wildman–Crippen MR) is 72.6 cm³/mol. The molecule has 2 heterocycles. The van der Waals surface area contributed by atoms with E-state index in [4.69, 9.17) is 5.11 Å². The van der Waals surface area contributed by atoms with E-state index in [9.17, 15) is 4.79 Å². The normalized spacial score (nSPS) is 21.2. The van der Waals surface area contributed by atoms with E-state index >= 15 is 0 Å². The van der Waals surface area contributed by atoms with E-state index in [0.717, 1.165) is 38.6 Å². The fraction of sp³-hybridized carbons (Fsp3) is 0.769. The van der Waals surface area contributed by atoms with E-state index in [1.165, 1.54) is 25.6 Å². The van der Waals surface area contributed by atoms with Gasteiger partial charge in [0, 0.05) is 39.3 Å². The van der Waals surface area contributed by atoms with Crippen molar-refractivity contribution in [1.82, 2.24) is 24.8 Å². The van der Waals surface area contributed by atoms with Crippen LogP contribution in [0, 0.1) is 5.92 Å². The maximum Gasteiger partial charge on any atom is 0.358 e. The molecule has 3 rings (SSSR count). The van der Waals surface area contributed by atoms with Crippen LogP contribution in [0.25, 0.3) is 0 Å². The first-order valence-electron chi connectivity index (χ1n) is 7.29. The number of carboxylic acid groups (broad SMARTS) is 1. The van der Waals surface area contributed by atoms with Crippen LogP contribution >= 0.6 is 0 Å². The molecular weight excluding hydrogens is 258 g/mol. The molecule has 0 radical (unpaired) electrons. The summed E-state index contributed by atoms with van der Waals surface area (Å²) in [6.45, 7) is 7.35. The minimum absolute atomic E-state index is 0.0132. The van der Waals surface area contributed by atoms with Gasteiger partial charge in [-0.25, -0.2) is 4.79 Å². The van der Waals surface area contributed by atoms with Crippen molar-refractivity contribution in [2.45, 2.75) is 19.4 Å². The maximum atomic E-state index is 10.7. The highest BCUT2D eigenvalue weighted by molar-refractivity contribution is 5.84. The minimum Gasteiger partial charge on any atom is -0.476 e. The highest BCUT2D eigenvalue weighted by atomic mass is 16.4. The van der Waals surface area contributed by atoms with E-state index in [0.29, 0.717) is 6.54 Å². The topological polar surface area (TPSA) is 74.5 Å². The monoisotopic (exact) mass is 279 g/mol. The molecule has 0 atom stereocenters. The van der Waals surface area contributed by atoms with Gasteiger partial charge in [-0.3, -0.25) is 9.58 Å². The second-order valence-electron chi connectivity index (χ2n) is 5.76. The SMILES string of the molecule is O=C(O)c1cn(CCN2CCN(CC3CC3)CC2)nn1. The van der Waals surface area contributed by atoms with Crippen molar-refractivity contribution in [2.24, 2.45) is 5.92 Å². The van der Waals surface area contributed by atoms with Crippen LogP contribution in [-0.4, -0.2) is 75.1 Å². The first kappa shape index (κ1) is 13.5. The first-order chi connectivity index (χ1) is 9.70. The lowest BCUT2D eigenvalue weighted by Crippen LogP contribution is -2.47. The molecule has 2 fully saturated rings. The number of rotatable bonds is 6. The summed E-state index contributed by atoms with van der Waals surface area (Å²) in [7, 11) is 0. The standard InChI is InChI=1S/C13H21N5O2/c19-13(20)12-10-18(15-14-12)8-7-16-3-5-17(6-4-16)9-11-1-2-11/h10-11H,1-9H2,(H,19,20). The lowest BCUT2D eigenvalue weighted by Gasteiger charge is -2.34. The number of hydrogen-bond donors (Lipinski definition) is 1. The number of nitrogens with zero attached hydrogens (tertiary/aromatic N) is 5. The fourth-order valence-electron chi connectivity index (χ4n) is 2.61. The summed E-state index contributed by atoms with van der Waals surface area (Å²) < 4.78 is 1.61. The Morgan fingerprint density at radius 2 is 1.90 bits per heavy atom. The summed E-state index contributed by atoms with van der Waals surface area (Å²) in [6.07, 6.45) is 4.32. The van der Waals surface area contributed by atoms with Gasteiger partial charge >= 0.3 is 5.97 Å². The fourth-order valence-corrected chi connectivity index (χ4v) is 2.61. The van der Waals surface area contributed by atoms with Gasteiger partial charge in [-0.15, -0.1) is 5.10 Å². The van der Waals surface area contributed by atoms with Crippen molar-refractivity contribution >= 4 is 5.97 Å². The molecule has 1 saturated heterocycles. The molecule has 1 saturated carbocycles. The zero-order valence-corrected chi connectivity index (χ0v) is 11.6. The molecule has 20 heavy (non-hydrogen) atoms. The van der Waals surface area contributed by atoms with Crippen LogP contribution in [0.2, 0.25) is 0 Å². The third-order valence-corrected chi connectivity index (χ3v) is 4.08. The number of aromatic nitrogens is 3.